The molecule has 10 heteroatoms. The Hall–Kier alpha value is -2.49. The van der Waals surface area contributed by atoms with Gasteiger partial charge in [-0.2, -0.15) is 0 Å². The molecule has 1 saturated heterocycles. The van der Waals surface area contributed by atoms with E-state index in [2.05, 4.69) is 55.8 Å². The van der Waals surface area contributed by atoms with Crippen LogP contribution in [0.5, 0.6) is 0 Å². The number of amides is 1. The van der Waals surface area contributed by atoms with Gasteiger partial charge in [0.2, 0.25) is 0 Å². The molecule has 34 heavy (non-hydrogen) atoms. The highest BCUT2D eigenvalue weighted by molar-refractivity contribution is 7.17. The molecular weight excluding hydrogens is 470 g/mol. The molecule has 0 spiro atoms. The fourth-order valence-electron chi connectivity index (χ4n) is 3.92. The van der Waals surface area contributed by atoms with Gasteiger partial charge >= 0.3 is 0 Å². The van der Waals surface area contributed by atoms with Gasteiger partial charge in [0, 0.05) is 25.7 Å². The van der Waals surface area contributed by atoms with Crippen LogP contribution < -0.4 is 15.5 Å². The molecule has 0 radical (unpaired) electrons. The SMILES string of the molecule is C=C(Cl)/C(NC(=O)c1cnc(Nc2cc(N3CCCN(CC)CC3)nc(C)n2)s1)=C(/C)CCC. The molecule has 0 bridgehead atoms. The zero-order valence-electron chi connectivity index (χ0n) is 20.4. The number of thiazole rings is 1. The van der Waals surface area contributed by atoms with Crippen LogP contribution in [0.4, 0.5) is 16.8 Å². The second kappa shape index (κ2) is 12.3. The fraction of sp³-hybridized carbons (Fsp3) is 0.500. The Morgan fingerprint density at radius 2 is 2.03 bits per heavy atom. The van der Waals surface area contributed by atoms with Gasteiger partial charge in [0.15, 0.2) is 5.13 Å². The van der Waals surface area contributed by atoms with Crippen molar-refractivity contribution in [1.82, 2.24) is 25.2 Å². The predicted molar refractivity (Wildman–Crippen MR) is 141 cm³/mol. The molecule has 2 N–H and O–H groups in total. The summed E-state index contributed by atoms with van der Waals surface area (Å²) in [6, 6.07) is 1.95. The zero-order valence-corrected chi connectivity index (χ0v) is 22.0. The summed E-state index contributed by atoms with van der Waals surface area (Å²) in [6.45, 7) is 17.0. The third kappa shape index (κ3) is 7.01. The zero-order chi connectivity index (χ0) is 24.7. The minimum atomic E-state index is -0.262. The van der Waals surface area contributed by atoms with E-state index in [1.165, 1.54) is 11.3 Å². The first-order chi connectivity index (χ1) is 16.3. The minimum absolute atomic E-state index is 0.262. The summed E-state index contributed by atoms with van der Waals surface area (Å²) in [5.41, 5.74) is 1.57. The monoisotopic (exact) mass is 503 g/mol. The molecule has 3 rings (SSSR count). The lowest BCUT2D eigenvalue weighted by Gasteiger charge is -2.22. The number of rotatable bonds is 9. The summed E-state index contributed by atoms with van der Waals surface area (Å²) in [5.74, 6) is 1.99. The molecule has 0 aromatic carbocycles. The van der Waals surface area contributed by atoms with Crippen LogP contribution in [0, 0.1) is 6.92 Å². The first-order valence-corrected chi connectivity index (χ1v) is 12.9. The maximum atomic E-state index is 12.8. The van der Waals surface area contributed by atoms with Crippen molar-refractivity contribution in [2.24, 2.45) is 0 Å². The Morgan fingerprint density at radius 1 is 1.24 bits per heavy atom. The lowest BCUT2D eigenvalue weighted by Crippen LogP contribution is -2.31. The first kappa shape index (κ1) is 26.1. The maximum Gasteiger partial charge on any atom is 0.267 e. The Balaban J connectivity index is 1.71. The van der Waals surface area contributed by atoms with Crippen molar-refractivity contribution < 1.29 is 4.79 Å². The summed E-state index contributed by atoms with van der Waals surface area (Å²) in [6.07, 6.45) is 4.45. The summed E-state index contributed by atoms with van der Waals surface area (Å²) < 4.78 is 0. The van der Waals surface area contributed by atoms with E-state index in [9.17, 15) is 4.79 Å². The topological polar surface area (TPSA) is 86.3 Å². The van der Waals surface area contributed by atoms with Crippen molar-refractivity contribution >= 4 is 45.6 Å². The molecule has 8 nitrogen and oxygen atoms in total. The van der Waals surface area contributed by atoms with Crippen molar-refractivity contribution in [3.63, 3.8) is 0 Å². The van der Waals surface area contributed by atoms with E-state index in [0.717, 1.165) is 63.4 Å². The molecule has 184 valence electrons. The van der Waals surface area contributed by atoms with Crippen LogP contribution in [0.1, 0.15) is 55.5 Å². The van der Waals surface area contributed by atoms with Crippen LogP contribution in [0.3, 0.4) is 0 Å². The summed E-state index contributed by atoms with van der Waals surface area (Å²) >= 11 is 7.38. The Labute approximate surface area is 211 Å². The van der Waals surface area contributed by atoms with E-state index < -0.39 is 0 Å². The molecule has 1 fully saturated rings. The largest absolute Gasteiger partial charge is 0.355 e. The van der Waals surface area contributed by atoms with Gasteiger partial charge in [-0.05, 0) is 45.4 Å². The van der Waals surface area contributed by atoms with Crippen molar-refractivity contribution in [3.8, 4) is 0 Å². The summed E-state index contributed by atoms with van der Waals surface area (Å²) in [5, 5.41) is 7.03. The van der Waals surface area contributed by atoms with Gasteiger partial charge < -0.3 is 20.4 Å². The third-order valence-electron chi connectivity index (χ3n) is 5.71. The standard InChI is InChI=1S/C24H34ClN7OS/c1-6-9-16(3)22(17(4)25)30-23(33)19-15-26-24(34-19)29-20-14-21(28-18(5)27-20)32-11-8-10-31(7-2)12-13-32/h14-15H,4,6-13H2,1-3,5H3,(H,30,33)(H,26,27,28,29)/b22-16+. The first-order valence-electron chi connectivity index (χ1n) is 11.7. The number of carbonyl (C=O) groups is 1. The Bertz CT molecular complexity index is 1050. The van der Waals surface area contributed by atoms with Gasteiger partial charge in [0.25, 0.3) is 5.91 Å². The number of halogens is 1. The summed E-state index contributed by atoms with van der Waals surface area (Å²) in [7, 11) is 0. The van der Waals surface area contributed by atoms with E-state index in [4.69, 9.17) is 11.6 Å². The van der Waals surface area contributed by atoms with Crippen LogP contribution in [0.2, 0.25) is 0 Å². The van der Waals surface area contributed by atoms with Crippen molar-refractivity contribution in [1.29, 1.82) is 0 Å². The number of allylic oxidation sites excluding steroid dienone is 2. The van der Waals surface area contributed by atoms with Gasteiger partial charge in [-0.25, -0.2) is 15.0 Å². The molecular formula is C24H34ClN7OS. The number of hydrogen-bond donors (Lipinski definition) is 2. The van der Waals surface area contributed by atoms with E-state index in [1.54, 1.807) is 6.20 Å². The Morgan fingerprint density at radius 3 is 2.74 bits per heavy atom. The molecule has 0 atom stereocenters. The van der Waals surface area contributed by atoms with Crippen molar-refractivity contribution in [3.05, 3.63) is 45.8 Å². The highest BCUT2D eigenvalue weighted by Gasteiger charge is 2.18. The molecule has 1 amide bonds. The number of aryl methyl sites for hydroxylation is 1. The molecule has 1 aliphatic heterocycles. The Kier molecular flexibility index (Phi) is 9.44. The lowest BCUT2D eigenvalue weighted by atomic mass is 10.1. The number of nitrogens with zero attached hydrogens (tertiary/aromatic N) is 5. The van der Waals surface area contributed by atoms with Gasteiger partial charge in [-0.3, -0.25) is 4.79 Å². The van der Waals surface area contributed by atoms with Crippen LogP contribution in [-0.4, -0.2) is 58.5 Å². The van der Waals surface area contributed by atoms with E-state index in [1.807, 2.05) is 19.9 Å². The van der Waals surface area contributed by atoms with Gasteiger partial charge in [0.1, 0.15) is 22.3 Å². The number of hydrogen-bond acceptors (Lipinski definition) is 8. The smallest absolute Gasteiger partial charge is 0.267 e. The van der Waals surface area contributed by atoms with Crippen LogP contribution in [0.25, 0.3) is 0 Å². The molecule has 0 aliphatic carbocycles. The molecule has 3 heterocycles. The molecule has 0 saturated carbocycles. The highest BCUT2D eigenvalue weighted by Crippen LogP contribution is 2.25. The van der Waals surface area contributed by atoms with Gasteiger partial charge in [-0.15, -0.1) is 0 Å². The molecule has 2 aromatic rings. The number of nitrogens with one attached hydrogen (secondary N) is 2. The maximum absolute atomic E-state index is 12.8. The number of anilines is 3. The normalized spacial score (nSPS) is 15.5. The number of aromatic nitrogens is 3. The van der Waals surface area contributed by atoms with E-state index in [0.29, 0.717) is 32.4 Å². The van der Waals surface area contributed by atoms with E-state index in [-0.39, 0.29) is 5.91 Å². The second-order valence-electron chi connectivity index (χ2n) is 8.35. The fourth-order valence-corrected chi connectivity index (χ4v) is 4.85. The average Bonchev–Trinajstić information content (AvgIpc) is 3.12. The average molecular weight is 504 g/mol. The van der Waals surface area contributed by atoms with Crippen LogP contribution >= 0.6 is 22.9 Å². The molecule has 2 aromatic heterocycles. The van der Waals surface area contributed by atoms with E-state index >= 15 is 0 Å². The third-order valence-corrected chi connectivity index (χ3v) is 6.81. The highest BCUT2D eigenvalue weighted by atomic mass is 35.5. The molecule has 0 unspecified atom stereocenters. The second-order valence-corrected chi connectivity index (χ2v) is 9.84. The van der Waals surface area contributed by atoms with Crippen molar-refractivity contribution in [2.45, 2.75) is 47.0 Å². The van der Waals surface area contributed by atoms with Crippen molar-refractivity contribution in [2.75, 3.05) is 42.9 Å². The lowest BCUT2D eigenvalue weighted by molar-refractivity contribution is 0.0970. The quantitative estimate of drug-likeness (QED) is 0.462. The molecule has 1 aliphatic rings. The minimum Gasteiger partial charge on any atom is -0.355 e. The predicted octanol–water partition coefficient (Wildman–Crippen LogP) is 5.07. The van der Waals surface area contributed by atoms with Gasteiger partial charge in [-0.1, -0.05) is 49.8 Å². The van der Waals surface area contributed by atoms with Gasteiger partial charge in [0.05, 0.1) is 16.9 Å². The summed E-state index contributed by atoms with van der Waals surface area (Å²) in [4.78, 5) is 31.6. The van der Waals surface area contributed by atoms with Crippen LogP contribution in [-0.2, 0) is 0 Å². The van der Waals surface area contributed by atoms with Crippen LogP contribution in [0.15, 0.2) is 35.1 Å². The number of carbonyl (C=O) groups excluding carboxylic acids is 1. The number of likely N-dealkylation sites (N-methyl/N-ethyl adjacent to an activating group) is 1.